The molecule has 2 aromatic rings. The van der Waals surface area contributed by atoms with Gasteiger partial charge in [-0.15, -0.1) is 0 Å². The summed E-state index contributed by atoms with van der Waals surface area (Å²) in [4.78, 5) is 0. The molecular formula is C19H20O3S. The second-order valence-corrected chi connectivity index (χ2v) is 7.94. The maximum absolute atomic E-state index is 13.3. The second kappa shape index (κ2) is 6.19. The van der Waals surface area contributed by atoms with Crippen LogP contribution in [0.1, 0.15) is 34.5 Å². The molecule has 2 fully saturated rings. The van der Waals surface area contributed by atoms with Crippen molar-refractivity contribution in [3.63, 3.8) is 0 Å². The summed E-state index contributed by atoms with van der Waals surface area (Å²) < 4.78 is 25.2. The van der Waals surface area contributed by atoms with Gasteiger partial charge in [-0.1, -0.05) is 60.7 Å². The van der Waals surface area contributed by atoms with Gasteiger partial charge in [-0.2, -0.15) is 0 Å². The van der Waals surface area contributed by atoms with Crippen LogP contribution in [-0.2, 0) is 20.3 Å². The molecule has 0 radical (unpaired) electrons. The third kappa shape index (κ3) is 2.87. The Balaban J connectivity index is 1.73. The molecule has 0 aliphatic carbocycles. The molecule has 0 N–H and O–H groups in total. The predicted octanol–water partition coefficient (Wildman–Crippen LogP) is 3.75. The highest BCUT2D eigenvalue weighted by molar-refractivity contribution is 7.85. The third-order valence-electron chi connectivity index (χ3n) is 4.71. The smallest absolute Gasteiger partial charge is 0.171 e. The van der Waals surface area contributed by atoms with Gasteiger partial charge in [-0.3, -0.25) is 4.21 Å². The SMILES string of the molecule is O=S1C(c2ccccc2)CC2(CC1c1ccccc1)OCCO2. The molecule has 0 bridgehead atoms. The van der Waals surface area contributed by atoms with Crippen LogP contribution in [0, 0.1) is 0 Å². The minimum atomic E-state index is -1.000. The number of ether oxygens (including phenoxy) is 2. The van der Waals surface area contributed by atoms with Crippen molar-refractivity contribution in [3.8, 4) is 0 Å². The zero-order valence-corrected chi connectivity index (χ0v) is 13.7. The lowest BCUT2D eigenvalue weighted by Crippen LogP contribution is -2.41. The van der Waals surface area contributed by atoms with Gasteiger partial charge in [0.25, 0.3) is 0 Å². The van der Waals surface area contributed by atoms with E-state index in [9.17, 15) is 4.21 Å². The van der Waals surface area contributed by atoms with Crippen molar-refractivity contribution >= 4 is 10.8 Å². The maximum Gasteiger partial charge on any atom is 0.171 e. The van der Waals surface area contributed by atoms with Crippen molar-refractivity contribution in [1.29, 1.82) is 0 Å². The molecule has 0 saturated carbocycles. The first kappa shape index (κ1) is 15.1. The minimum absolute atomic E-state index is 0.0618. The summed E-state index contributed by atoms with van der Waals surface area (Å²) in [5.74, 6) is -0.588. The van der Waals surface area contributed by atoms with Crippen LogP contribution in [0.4, 0.5) is 0 Å². The van der Waals surface area contributed by atoms with Gasteiger partial charge in [0.15, 0.2) is 5.79 Å². The van der Waals surface area contributed by atoms with Gasteiger partial charge in [0, 0.05) is 23.6 Å². The average molecular weight is 328 g/mol. The zero-order valence-electron chi connectivity index (χ0n) is 12.9. The molecular weight excluding hydrogens is 308 g/mol. The Bertz CT molecular complexity index is 627. The molecule has 4 heteroatoms. The fraction of sp³-hybridized carbons (Fsp3) is 0.368. The van der Waals surface area contributed by atoms with E-state index in [1.165, 1.54) is 0 Å². The Kier molecular flexibility index (Phi) is 4.05. The van der Waals surface area contributed by atoms with Crippen molar-refractivity contribution in [2.75, 3.05) is 13.2 Å². The van der Waals surface area contributed by atoms with Crippen molar-refractivity contribution in [1.82, 2.24) is 0 Å². The van der Waals surface area contributed by atoms with Crippen LogP contribution >= 0.6 is 0 Å². The number of benzene rings is 2. The van der Waals surface area contributed by atoms with Crippen LogP contribution in [0.3, 0.4) is 0 Å². The minimum Gasteiger partial charge on any atom is -0.347 e. The summed E-state index contributed by atoms with van der Waals surface area (Å²) in [6.07, 6.45) is 1.32. The summed E-state index contributed by atoms with van der Waals surface area (Å²) in [7, 11) is -1.000. The Morgan fingerprint density at radius 2 is 1.22 bits per heavy atom. The fourth-order valence-electron chi connectivity index (χ4n) is 3.58. The van der Waals surface area contributed by atoms with E-state index in [0.717, 1.165) is 11.1 Å². The molecule has 2 saturated heterocycles. The van der Waals surface area contributed by atoms with Crippen LogP contribution in [0.25, 0.3) is 0 Å². The van der Waals surface area contributed by atoms with Crippen LogP contribution in [0.2, 0.25) is 0 Å². The Morgan fingerprint density at radius 3 is 1.65 bits per heavy atom. The number of hydrogen-bond acceptors (Lipinski definition) is 3. The molecule has 1 spiro atoms. The highest BCUT2D eigenvalue weighted by atomic mass is 32.2. The average Bonchev–Trinajstić information content (AvgIpc) is 3.06. The van der Waals surface area contributed by atoms with Gasteiger partial charge < -0.3 is 9.47 Å². The van der Waals surface area contributed by atoms with E-state index in [2.05, 4.69) is 24.3 Å². The molecule has 120 valence electrons. The highest BCUT2D eigenvalue weighted by Gasteiger charge is 2.49. The van der Waals surface area contributed by atoms with Gasteiger partial charge in [0.1, 0.15) is 0 Å². The molecule has 23 heavy (non-hydrogen) atoms. The second-order valence-electron chi connectivity index (χ2n) is 6.14. The molecule has 3 nitrogen and oxygen atoms in total. The first-order valence-electron chi connectivity index (χ1n) is 8.05. The fourth-order valence-corrected chi connectivity index (χ4v) is 5.67. The quantitative estimate of drug-likeness (QED) is 0.842. The molecule has 2 aliphatic heterocycles. The van der Waals surface area contributed by atoms with E-state index in [4.69, 9.17) is 9.47 Å². The van der Waals surface area contributed by atoms with Gasteiger partial charge in [0.2, 0.25) is 0 Å². The lowest BCUT2D eigenvalue weighted by Gasteiger charge is -2.40. The van der Waals surface area contributed by atoms with E-state index >= 15 is 0 Å². The summed E-state index contributed by atoms with van der Waals surface area (Å²) in [5, 5.41) is -0.124. The molecule has 0 amide bonds. The monoisotopic (exact) mass is 328 g/mol. The summed E-state index contributed by atoms with van der Waals surface area (Å²) >= 11 is 0. The van der Waals surface area contributed by atoms with Crippen molar-refractivity contribution < 1.29 is 13.7 Å². The normalized spacial score (nSPS) is 29.7. The molecule has 2 aromatic carbocycles. The van der Waals surface area contributed by atoms with Crippen molar-refractivity contribution in [2.24, 2.45) is 0 Å². The van der Waals surface area contributed by atoms with Crippen LogP contribution < -0.4 is 0 Å². The van der Waals surface area contributed by atoms with Crippen LogP contribution in [-0.4, -0.2) is 23.2 Å². The topological polar surface area (TPSA) is 35.5 Å². The molecule has 0 aromatic heterocycles. The van der Waals surface area contributed by atoms with Crippen molar-refractivity contribution in [3.05, 3.63) is 71.8 Å². The molecule has 2 unspecified atom stereocenters. The van der Waals surface area contributed by atoms with E-state index < -0.39 is 16.6 Å². The summed E-state index contributed by atoms with van der Waals surface area (Å²) in [6.45, 7) is 1.24. The molecule has 2 aliphatic rings. The van der Waals surface area contributed by atoms with Gasteiger partial charge >= 0.3 is 0 Å². The number of rotatable bonds is 2. The Labute approximate surface area is 139 Å². The highest BCUT2D eigenvalue weighted by Crippen LogP contribution is 2.49. The van der Waals surface area contributed by atoms with Crippen LogP contribution in [0.5, 0.6) is 0 Å². The molecule has 4 rings (SSSR count). The maximum atomic E-state index is 13.3. The first-order chi connectivity index (χ1) is 11.3. The molecule has 2 heterocycles. The standard InChI is InChI=1S/C19H20O3S/c20-23-17(15-7-3-1-4-8-15)13-19(21-11-12-22-19)14-18(23)16-9-5-2-6-10-16/h1-10,17-18H,11-14H2. The van der Waals surface area contributed by atoms with Gasteiger partial charge in [-0.05, 0) is 11.1 Å². The lowest BCUT2D eigenvalue weighted by atomic mass is 9.96. The zero-order chi connectivity index (χ0) is 15.7. The van der Waals surface area contributed by atoms with E-state index in [0.29, 0.717) is 26.1 Å². The lowest BCUT2D eigenvalue weighted by molar-refractivity contribution is -0.170. The van der Waals surface area contributed by atoms with E-state index in [1.54, 1.807) is 0 Å². The van der Waals surface area contributed by atoms with E-state index in [1.807, 2.05) is 36.4 Å². The Morgan fingerprint density at radius 1 is 0.783 bits per heavy atom. The van der Waals surface area contributed by atoms with Gasteiger partial charge in [0.05, 0.1) is 23.7 Å². The summed E-state index contributed by atoms with van der Waals surface area (Å²) in [6, 6.07) is 20.2. The third-order valence-corrected chi connectivity index (χ3v) is 6.71. The van der Waals surface area contributed by atoms with E-state index in [-0.39, 0.29) is 10.5 Å². The molecule has 2 atom stereocenters. The number of hydrogen-bond donors (Lipinski definition) is 0. The van der Waals surface area contributed by atoms with Gasteiger partial charge in [-0.25, -0.2) is 0 Å². The van der Waals surface area contributed by atoms with Crippen molar-refractivity contribution in [2.45, 2.75) is 29.1 Å². The Hall–Kier alpha value is -1.49. The largest absolute Gasteiger partial charge is 0.347 e. The summed E-state index contributed by atoms with van der Waals surface area (Å²) in [5.41, 5.74) is 2.20. The first-order valence-corrected chi connectivity index (χ1v) is 9.32. The predicted molar refractivity (Wildman–Crippen MR) is 90.4 cm³/mol. The van der Waals surface area contributed by atoms with Crippen LogP contribution in [0.15, 0.2) is 60.7 Å².